The average molecular weight is 227 g/mol. The van der Waals surface area contributed by atoms with Gasteiger partial charge in [0.2, 0.25) is 0 Å². The van der Waals surface area contributed by atoms with Gasteiger partial charge in [-0.25, -0.2) is 0 Å². The highest BCUT2D eigenvalue weighted by atomic mass is 16.3. The summed E-state index contributed by atoms with van der Waals surface area (Å²) in [6.45, 7) is 6.68. The van der Waals surface area contributed by atoms with Gasteiger partial charge >= 0.3 is 0 Å². The minimum absolute atomic E-state index is 0.134. The predicted molar refractivity (Wildman–Crippen MR) is 69.7 cm³/mol. The topological polar surface area (TPSA) is 23.5 Å². The SMILES string of the molecule is CCCCCCCN1CCCC1CC(C)O. The fourth-order valence-electron chi connectivity index (χ4n) is 2.77. The largest absolute Gasteiger partial charge is 0.393 e. The number of hydrogen-bond acceptors (Lipinski definition) is 2. The molecule has 2 heteroatoms. The van der Waals surface area contributed by atoms with Crippen molar-refractivity contribution >= 4 is 0 Å². The molecule has 0 aromatic carbocycles. The highest BCUT2D eigenvalue weighted by Crippen LogP contribution is 2.22. The van der Waals surface area contributed by atoms with E-state index in [1.54, 1.807) is 0 Å². The van der Waals surface area contributed by atoms with Crippen LogP contribution in [0.25, 0.3) is 0 Å². The zero-order valence-corrected chi connectivity index (χ0v) is 11.1. The molecule has 0 amide bonds. The Balaban J connectivity index is 2.10. The van der Waals surface area contributed by atoms with Crippen LogP contribution in [0, 0.1) is 0 Å². The number of likely N-dealkylation sites (tertiary alicyclic amines) is 1. The average Bonchev–Trinajstić information content (AvgIpc) is 2.64. The summed E-state index contributed by atoms with van der Waals surface area (Å²) in [6.07, 6.45) is 10.3. The molecule has 16 heavy (non-hydrogen) atoms. The molecule has 96 valence electrons. The first-order valence-corrected chi connectivity index (χ1v) is 7.16. The fraction of sp³-hybridized carbons (Fsp3) is 1.00. The van der Waals surface area contributed by atoms with E-state index in [0.717, 1.165) is 6.42 Å². The lowest BCUT2D eigenvalue weighted by molar-refractivity contribution is 0.133. The van der Waals surface area contributed by atoms with Crippen molar-refractivity contribution in [3.8, 4) is 0 Å². The quantitative estimate of drug-likeness (QED) is 0.644. The van der Waals surface area contributed by atoms with E-state index in [1.807, 2.05) is 6.92 Å². The Kier molecular flexibility index (Phi) is 7.06. The third-order valence-corrected chi connectivity index (χ3v) is 3.66. The lowest BCUT2D eigenvalue weighted by Crippen LogP contribution is -2.32. The van der Waals surface area contributed by atoms with Gasteiger partial charge < -0.3 is 10.0 Å². The summed E-state index contributed by atoms with van der Waals surface area (Å²) in [6, 6.07) is 0.658. The summed E-state index contributed by atoms with van der Waals surface area (Å²) in [4.78, 5) is 2.60. The fourth-order valence-corrected chi connectivity index (χ4v) is 2.77. The summed E-state index contributed by atoms with van der Waals surface area (Å²) in [5.74, 6) is 0. The van der Waals surface area contributed by atoms with Crippen LogP contribution in [-0.4, -0.2) is 35.2 Å². The molecule has 2 atom stereocenters. The molecule has 0 aliphatic carbocycles. The van der Waals surface area contributed by atoms with Crippen molar-refractivity contribution in [2.75, 3.05) is 13.1 Å². The van der Waals surface area contributed by atoms with E-state index in [9.17, 15) is 5.11 Å². The molecular weight excluding hydrogens is 198 g/mol. The molecule has 0 bridgehead atoms. The minimum atomic E-state index is -0.134. The van der Waals surface area contributed by atoms with Crippen LogP contribution in [0.15, 0.2) is 0 Å². The maximum absolute atomic E-state index is 9.45. The molecule has 1 aliphatic heterocycles. The number of rotatable bonds is 8. The van der Waals surface area contributed by atoms with Crippen molar-refractivity contribution in [1.82, 2.24) is 4.90 Å². The molecule has 0 spiro atoms. The molecule has 1 aliphatic rings. The molecule has 0 aromatic heterocycles. The smallest absolute Gasteiger partial charge is 0.0527 e. The molecule has 1 rings (SSSR count). The Bertz CT molecular complexity index is 170. The van der Waals surface area contributed by atoms with Crippen LogP contribution < -0.4 is 0 Å². The minimum Gasteiger partial charge on any atom is -0.393 e. The van der Waals surface area contributed by atoms with E-state index in [2.05, 4.69) is 11.8 Å². The van der Waals surface area contributed by atoms with E-state index < -0.39 is 0 Å². The van der Waals surface area contributed by atoms with Crippen LogP contribution in [-0.2, 0) is 0 Å². The molecule has 2 unspecified atom stereocenters. The first kappa shape index (κ1) is 14.0. The molecule has 0 radical (unpaired) electrons. The lowest BCUT2D eigenvalue weighted by atomic mass is 10.1. The van der Waals surface area contributed by atoms with E-state index in [4.69, 9.17) is 0 Å². The van der Waals surface area contributed by atoms with Crippen LogP contribution in [0.3, 0.4) is 0 Å². The Hall–Kier alpha value is -0.0800. The first-order valence-electron chi connectivity index (χ1n) is 7.16. The number of aliphatic hydroxyl groups is 1. The van der Waals surface area contributed by atoms with Gasteiger partial charge in [-0.1, -0.05) is 32.6 Å². The third kappa shape index (κ3) is 5.31. The van der Waals surface area contributed by atoms with Gasteiger partial charge in [0.25, 0.3) is 0 Å². The van der Waals surface area contributed by atoms with Crippen LogP contribution in [0.2, 0.25) is 0 Å². The lowest BCUT2D eigenvalue weighted by Gasteiger charge is -2.25. The van der Waals surface area contributed by atoms with Crippen molar-refractivity contribution in [3.05, 3.63) is 0 Å². The van der Waals surface area contributed by atoms with Gasteiger partial charge in [0.05, 0.1) is 6.10 Å². The third-order valence-electron chi connectivity index (χ3n) is 3.66. The second-order valence-electron chi connectivity index (χ2n) is 5.33. The van der Waals surface area contributed by atoms with Gasteiger partial charge in [-0.15, -0.1) is 0 Å². The van der Waals surface area contributed by atoms with Crippen molar-refractivity contribution in [3.63, 3.8) is 0 Å². The monoisotopic (exact) mass is 227 g/mol. The van der Waals surface area contributed by atoms with Crippen LogP contribution in [0.1, 0.15) is 65.2 Å². The Morgan fingerprint density at radius 1 is 1.25 bits per heavy atom. The molecule has 1 heterocycles. The Morgan fingerprint density at radius 3 is 2.69 bits per heavy atom. The van der Waals surface area contributed by atoms with E-state index in [-0.39, 0.29) is 6.10 Å². The van der Waals surface area contributed by atoms with Crippen LogP contribution in [0.5, 0.6) is 0 Å². The van der Waals surface area contributed by atoms with Gasteiger partial charge in [-0.05, 0) is 45.7 Å². The Morgan fingerprint density at radius 2 is 2.00 bits per heavy atom. The van der Waals surface area contributed by atoms with Gasteiger partial charge in [-0.3, -0.25) is 0 Å². The normalized spacial score (nSPS) is 23.8. The number of aliphatic hydroxyl groups excluding tert-OH is 1. The summed E-state index contributed by atoms with van der Waals surface area (Å²) >= 11 is 0. The van der Waals surface area contributed by atoms with Gasteiger partial charge in [-0.2, -0.15) is 0 Å². The summed E-state index contributed by atoms with van der Waals surface area (Å²) < 4.78 is 0. The molecule has 2 nitrogen and oxygen atoms in total. The van der Waals surface area contributed by atoms with Gasteiger partial charge in [0.1, 0.15) is 0 Å². The zero-order chi connectivity index (χ0) is 11.8. The summed E-state index contributed by atoms with van der Waals surface area (Å²) in [5.41, 5.74) is 0. The summed E-state index contributed by atoms with van der Waals surface area (Å²) in [7, 11) is 0. The van der Waals surface area contributed by atoms with E-state index in [1.165, 1.54) is 58.0 Å². The van der Waals surface area contributed by atoms with Crippen molar-refractivity contribution in [2.24, 2.45) is 0 Å². The molecule has 1 N–H and O–H groups in total. The first-order chi connectivity index (χ1) is 7.74. The highest BCUT2D eigenvalue weighted by Gasteiger charge is 2.24. The van der Waals surface area contributed by atoms with Crippen molar-refractivity contribution in [2.45, 2.75) is 77.4 Å². The predicted octanol–water partition coefficient (Wildman–Crippen LogP) is 3.19. The maximum Gasteiger partial charge on any atom is 0.0527 e. The van der Waals surface area contributed by atoms with Crippen LogP contribution >= 0.6 is 0 Å². The van der Waals surface area contributed by atoms with Gasteiger partial charge in [0.15, 0.2) is 0 Å². The highest BCUT2D eigenvalue weighted by molar-refractivity contribution is 4.80. The molecule has 1 fully saturated rings. The standard InChI is InChI=1S/C14H29NO/c1-3-4-5-6-7-10-15-11-8-9-14(15)12-13(2)16/h13-14,16H,3-12H2,1-2H3. The number of nitrogens with zero attached hydrogens (tertiary/aromatic N) is 1. The Labute approximate surface area is 101 Å². The summed E-state index contributed by atoms with van der Waals surface area (Å²) in [5, 5.41) is 9.45. The molecule has 1 saturated heterocycles. The van der Waals surface area contributed by atoms with Crippen molar-refractivity contribution in [1.29, 1.82) is 0 Å². The van der Waals surface area contributed by atoms with Gasteiger partial charge in [0, 0.05) is 6.04 Å². The maximum atomic E-state index is 9.45. The number of unbranched alkanes of at least 4 members (excludes halogenated alkanes) is 4. The molecule has 0 aromatic rings. The second kappa shape index (κ2) is 8.08. The second-order valence-corrected chi connectivity index (χ2v) is 5.33. The van der Waals surface area contributed by atoms with E-state index >= 15 is 0 Å². The zero-order valence-electron chi connectivity index (χ0n) is 11.1. The van der Waals surface area contributed by atoms with Crippen molar-refractivity contribution < 1.29 is 5.11 Å². The van der Waals surface area contributed by atoms with E-state index in [0.29, 0.717) is 6.04 Å². The number of hydrogen-bond donors (Lipinski definition) is 1. The van der Waals surface area contributed by atoms with Crippen LogP contribution in [0.4, 0.5) is 0 Å². The molecular formula is C14H29NO. The molecule has 0 saturated carbocycles.